The average Bonchev–Trinajstić information content (AvgIpc) is 3.15. The van der Waals surface area contributed by atoms with Crippen molar-refractivity contribution < 1.29 is 0 Å². The topological polar surface area (TPSA) is 6.48 Å². The summed E-state index contributed by atoms with van der Waals surface area (Å²) >= 11 is 0. The van der Waals surface area contributed by atoms with Gasteiger partial charge in [0.1, 0.15) is 0 Å². The van der Waals surface area contributed by atoms with E-state index in [1.54, 1.807) is 11.1 Å². The van der Waals surface area contributed by atoms with E-state index in [2.05, 4.69) is 68.9 Å². The highest BCUT2D eigenvalue weighted by Crippen LogP contribution is 2.47. The SMILES string of the molecule is CN(C)C1CC(c2ccccc2C2CC2)N(C(C)(C)C)C1. The van der Waals surface area contributed by atoms with Gasteiger partial charge in [-0.05, 0) is 71.2 Å². The van der Waals surface area contributed by atoms with E-state index in [-0.39, 0.29) is 5.54 Å². The van der Waals surface area contributed by atoms with Gasteiger partial charge in [0.15, 0.2) is 0 Å². The Hall–Kier alpha value is -0.860. The minimum atomic E-state index is 0.228. The molecule has 0 amide bonds. The Kier molecular flexibility index (Phi) is 3.87. The van der Waals surface area contributed by atoms with Gasteiger partial charge in [0.25, 0.3) is 0 Å². The Morgan fingerprint density at radius 1 is 1.05 bits per heavy atom. The third-order valence-corrected chi connectivity index (χ3v) is 5.24. The van der Waals surface area contributed by atoms with Crippen LogP contribution in [0.4, 0.5) is 0 Å². The van der Waals surface area contributed by atoms with Gasteiger partial charge in [-0.1, -0.05) is 24.3 Å². The van der Waals surface area contributed by atoms with Gasteiger partial charge in [-0.15, -0.1) is 0 Å². The summed E-state index contributed by atoms with van der Waals surface area (Å²) in [5.74, 6) is 0.835. The molecule has 1 heterocycles. The first-order valence-corrected chi connectivity index (χ1v) is 8.40. The van der Waals surface area contributed by atoms with E-state index in [9.17, 15) is 0 Å². The van der Waals surface area contributed by atoms with Crippen LogP contribution < -0.4 is 0 Å². The van der Waals surface area contributed by atoms with Gasteiger partial charge in [-0.25, -0.2) is 0 Å². The first-order chi connectivity index (χ1) is 9.88. The lowest BCUT2D eigenvalue weighted by Crippen LogP contribution is -2.43. The summed E-state index contributed by atoms with van der Waals surface area (Å²) in [5, 5.41) is 0. The van der Waals surface area contributed by atoms with E-state index in [1.165, 1.54) is 25.8 Å². The molecule has 1 aromatic rings. The maximum absolute atomic E-state index is 2.72. The fourth-order valence-corrected chi connectivity index (χ4v) is 3.80. The molecule has 0 bridgehead atoms. The molecule has 116 valence electrons. The van der Waals surface area contributed by atoms with Crippen molar-refractivity contribution in [2.24, 2.45) is 0 Å². The Morgan fingerprint density at radius 3 is 2.19 bits per heavy atom. The maximum Gasteiger partial charge on any atom is 0.0372 e. The minimum absolute atomic E-state index is 0.228. The second-order valence-corrected chi connectivity index (χ2v) is 8.10. The minimum Gasteiger partial charge on any atom is -0.305 e. The largest absolute Gasteiger partial charge is 0.305 e. The molecule has 2 heteroatoms. The zero-order chi connectivity index (χ0) is 15.2. The summed E-state index contributed by atoms with van der Waals surface area (Å²) in [6.45, 7) is 8.26. The van der Waals surface area contributed by atoms with Crippen molar-refractivity contribution >= 4 is 0 Å². The molecule has 1 aliphatic heterocycles. The second-order valence-electron chi connectivity index (χ2n) is 8.10. The second kappa shape index (κ2) is 5.40. The monoisotopic (exact) mass is 286 g/mol. The Labute approximate surface area is 130 Å². The number of hydrogen-bond donors (Lipinski definition) is 0. The standard InChI is InChI=1S/C19H30N2/c1-19(2,3)21-13-15(20(4)5)12-18(21)17-9-7-6-8-16(17)14-10-11-14/h6-9,14-15,18H,10-13H2,1-5H3. The number of benzene rings is 1. The Balaban J connectivity index is 1.95. The lowest BCUT2D eigenvalue weighted by molar-refractivity contribution is 0.115. The highest BCUT2D eigenvalue weighted by molar-refractivity contribution is 5.36. The van der Waals surface area contributed by atoms with Gasteiger partial charge >= 0.3 is 0 Å². The van der Waals surface area contributed by atoms with Gasteiger partial charge < -0.3 is 4.90 Å². The van der Waals surface area contributed by atoms with Crippen molar-refractivity contribution in [3.63, 3.8) is 0 Å². The summed E-state index contributed by atoms with van der Waals surface area (Å²) in [7, 11) is 4.45. The zero-order valence-electron chi connectivity index (χ0n) is 14.3. The zero-order valence-corrected chi connectivity index (χ0v) is 14.3. The van der Waals surface area contributed by atoms with Gasteiger partial charge in [0, 0.05) is 24.2 Å². The first kappa shape index (κ1) is 15.1. The molecular formula is C19H30N2. The van der Waals surface area contributed by atoms with Crippen molar-refractivity contribution in [3.8, 4) is 0 Å². The molecule has 0 N–H and O–H groups in total. The molecule has 1 saturated heterocycles. The third-order valence-electron chi connectivity index (χ3n) is 5.24. The smallest absolute Gasteiger partial charge is 0.0372 e. The van der Waals surface area contributed by atoms with Crippen molar-refractivity contribution in [1.82, 2.24) is 9.80 Å². The predicted molar refractivity (Wildman–Crippen MR) is 89.7 cm³/mol. The number of nitrogens with zero attached hydrogens (tertiary/aromatic N) is 2. The van der Waals surface area contributed by atoms with Gasteiger partial charge in [-0.2, -0.15) is 0 Å². The molecule has 0 spiro atoms. The van der Waals surface area contributed by atoms with Crippen LogP contribution in [0.3, 0.4) is 0 Å². The van der Waals surface area contributed by atoms with Gasteiger partial charge in [0.2, 0.25) is 0 Å². The normalized spacial score (nSPS) is 27.5. The lowest BCUT2D eigenvalue weighted by atomic mass is 9.93. The lowest BCUT2D eigenvalue weighted by Gasteiger charge is -2.38. The summed E-state index contributed by atoms with van der Waals surface area (Å²) in [6.07, 6.45) is 4.03. The fourth-order valence-electron chi connectivity index (χ4n) is 3.80. The summed E-state index contributed by atoms with van der Waals surface area (Å²) in [6, 6.07) is 10.4. The van der Waals surface area contributed by atoms with E-state index in [4.69, 9.17) is 0 Å². The van der Waals surface area contributed by atoms with Crippen LogP contribution in [0.2, 0.25) is 0 Å². The molecule has 0 radical (unpaired) electrons. The van der Waals surface area contributed by atoms with Crippen LogP contribution in [0.1, 0.15) is 63.1 Å². The van der Waals surface area contributed by atoms with Crippen molar-refractivity contribution in [2.75, 3.05) is 20.6 Å². The molecule has 3 rings (SSSR count). The number of likely N-dealkylation sites (tertiary alicyclic amines) is 1. The van der Waals surface area contributed by atoms with Crippen LogP contribution in [0.25, 0.3) is 0 Å². The maximum atomic E-state index is 2.72. The fraction of sp³-hybridized carbons (Fsp3) is 0.684. The highest BCUT2D eigenvalue weighted by atomic mass is 15.3. The summed E-state index contributed by atoms with van der Waals surface area (Å²) < 4.78 is 0. The molecule has 2 aliphatic rings. The van der Waals surface area contributed by atoms with E-state index in [0.717, 1.165) is 5.92 Å². The predicted octanol–water partition coefficient (Wildman–Crippen LogP) is 4.04. The molecule has 2 fully saturated rings. The third kappa shape index (κ3) is 3.02. The molecule has 1 saturated carbocycles. The van der Waals surface area contributed by atoms with Crippen LogP contribution in [0, 0.1) is 0 Å². The van der Waals surface area contributed by atoms with Crippen LogP contribution in [0.5, 0.6) is 0 Å². The first-order valence-electron chi connectivity index (χ1n) is 8.40. The van der Waals surface area contributed by atoms with Gasteiger partial charge in [-0.3, -0.25) is 4.90 Å². The number of likely N-dealkylation sites (N-methyl/N-ethyl adjacent to an activating group) is 1. The highest BCUT2D eigenvalue weighted by Gasteiger charge is 2.41. The molecule has 1 aromatic carbocycles. The van der Waals surface area contributed by atoms with Crippen LogP contribution >= 0.6 is 0 Å². The van der Waals surface area contributed by atoms with Crippen molar-refractivity contribution in [1.29, 1.82) is 0 Å². The molecule has 2 nitrogen and oxygen atoms in total. The average molecular weight is 286 g/mol. The molecular weight excluding hydrogens is 256 g/mol. The molecule has 2 atom stereocenters. The molecule has 2 unspecified atom stereocenters. The quantitative estimate of drug-likeness (QED) is 0.827. The van der Waals surface area contributed by atoms with E-state index < -0.39 is 0 Å². The Morgan fingerprint density at radius 2 is 1.67 bits per heavy atom. The number of hydrogen-bond acceptors (Lipinski definition) is 2. The van der Waals surface area contributed by atoms with E-state index in [1.807, 2.05) is 0 Å². The van der Waals surface area contributed by atoms with Crippen LogP contribution in [-0.4, -0.2) is 42.0 Å². The van der Waals surface area contributed by atoms with Crippen molar-refractivity contribution in [2.45, 2.75) is 63.6 Å². The summed E-state index contributed by atoms with van der Waals surface area (Å²) in [4.78, 5) is 5.12. The Bertz CT molecular complexity index is 497. The molecule has 0 aromatic heterocycles. The van der Waals surface area contributed by atoms with Crippen LogP contribution in [-0.2, 0) is 0 Å². The van der Waals surface area contributed by atoms with Crippen molar-refractivity contribution in [3.05, 3.63) is 35.4 Å². The molecule has 1 aliphatic carbocycles. The van der Waals surface area contributed by atoms with Crippen LogP contribution in [0.15, 0.2) is 24.3 Å². The van der Waals surface area contributed by atoms with Gasteiger partial charge in [0.05, 0.1) is 0 Å². The van der Waals surface area contributed by atoms with E-state index >= 15 is 0 Å². The molecule has 21 heavy (non-hydrogen) atoms. The van der Waals surface area contributed by atoms with E-state index in [0.29, 0.717) is 12.1 Å². The number of rotatable bonds is 3. The summed E-state index contributed by atoms with van der Waals surface area (Å²) in [5.41, 5.74) is 3.45.